The van der Waals surface area contributed by atoms with Crippen LogP contribution in [0.5, 0.6) is 5.75 Å². The lowest BCUT2D eigenvalue weighted by molar-refractivity contribution is 0.373. The average Bonchev–Trinajstić information content (AvgIpc) is 2.64. The molecule has 140 valence electrons. The van der Waals surface area contributed by atoms with Crippen molar-refractivity contribution in [2.24, 2.45) is 7.05 Å². The van der Waals surface area contributed by atoms with Gasteiger partial charge in [-0.25, -0.2) is 4.98 Å². The zero-order chi connectivity index (χ0) is 18.5. The Bertz CT molecular complexity index is 789. The first kappa shape index (κ1) is 18.5. The van der Waals surface area contributed by atoms with E-state index >= 15 is 0 Å². The predicted octanol–water partition coefficient (Wildman–Crippen LogP) is 1.98. The maximum Gasteiger partial charge on any atom is 0.293 e. The maximum atomic E-state index is 12.3. The van der Waals surface area contributed by atoms with Crippen molar-refractivity contribution < 1.29 is 4.74 Å². The van der Waals surface area contributed by atoms with Crippen molar-refractivity contribution in [3.8, 4) is 5.75 Å². The van der Waals surface area contributed by atoms with Gasteiger partial charge < -0.3 is 19.5 Å². The summed E-state index contributed by atoms with van der Waals surface area (Å²) >= 11 is 0. The molecule has 26 heavy (non-hydrogen) atoms. The van der Waals surface area contributed by atoms with Gasteiger partial charge in [0.1, 0.15) is 5.75 Å². The number of rotatable bonds is 6. The fourth-order valence-corrected chi connectivity index (χ4v) is 3.67. The Kier molecular flexibility index (Phi) is 5.93. The first-order valence-electron chi connectivity index (χ1n) is 9.23. The Morgan fingerprint density at radius 1 is 1.38 bits per heavy atom. The monoisotopic (exact) mass is 356 g/mol. The number of hydrogen-bond acceptors (Lipinski definition) is 5. The van der Waals surface area contributed by atoms with Gasteiger partial charge in [0.2, 0.25) is 0 Å². The van der Waals surface area contributed by atoms with E-state index in [0.717, 1.165) is 38.1 Å². The van der Waals surface area contributed by atoms with Crippen LogP contribution in [0.15, 0.2) is 41.5 Å². The molecule has 0 saturated carbocycles. The van der Waals surface area contributed by atoms with Crippen LogP contribution in [-0.2, 0) is 13.5 Å². The van der Waals surface area contributed by atoms with E-state index in [1.807, 2.05) is 18.2 Å². The first-order chi connectivity index (χ1) is 12.6. The third-order valence-electron chi connectivity index (χ3n) is 4.96. The Balaban J connectivity index is 1.63. The van der Waals surface area contributed by atoms with Crippen molar-refractivity contribution in [2.45, 2.75) is 38.3 Å². The first-order valence-corrected chi connectivity index (χ1v) is 9.23. The molecular formula is C20H28N4O2. The Morgan fingerprint density at radius 3 is 3.00 bits per heavy atom. The van der Waals surface area contributed by atoms with E-state index in [2.05, 4.69) is 28.2 Å². The van der Waals surface area contributed by atoms with Gasteiger partial charge in [-0.3, -0.25) is 4.79 Å². The molecule has 2 aromatic rings. The largest absolute Gasteiger partial charge is 0.496 e. The van der Waals surface area contributed by atoms with Crippen molar-refractivity contribution in [1.82, 2.24) is 14.9 Å². The second-order valence-electron chi connectivity index (χ2n) is 7.04. The highest BCUT2D eigenvalue weighted by molar-refractivity contribution is 5.37. The molecule has 0 spiro atoms. The number of aromatic nitrogens is 2. The zero-order valence-corrected chi connectivity index (χ0v) is 15.8. The van der Waals surface area contributed by atoms with Crippen LogP contribution in [0.25, 0.3) is 0 Å². The van der Waals surface area contributed by atoms with Crippen molar-refractivity contribution >= 4 is 5.82 Å². The smallest absolute Gasteiger partial charge is 0.293 e. The van der Waals surface area contributed by atoms with E-state index < -0.39 is 0 Å². The van der Waals surface area contributed by atoms with Gasteiger partial charge in [-0.2, -0.15) is 0 Å². The van der Waals surface area contributed by atoms with Crippen LogP contribution in [0.4, 0.5) is 5.82 Å². The maximum absolute atomic E-state index is 12.3. The Morgan fingerprint density at radius 2 is 2.19 bits per heavy atom. The quantitative estimate of drug-likeness (QED) is 0.858. The molecule has 1 fully saturated rings. The van der Waals surface area contributed by atoms with Gasteiger partial charge in [-0.1, -0.05) is 18.2 Å². The Labute approximate surface area is 154 Å². The van der Waals surface area contributed by atoms with Gasteiger partial charge in [0.15, 0.2) is 5.82 Å². The third kappa shape index (κ3) is 4.25. The minimum Gasteiger partial charge on any atom is -0.496 e. The van der Waals surface area contributed by atoms with Crippen molar-refractivity contribution in [1.29, 1.82) is 0 Å². The molecule has 3 rings (SSSR count). The summed E-state index contributed by atoms with van der Waals surface area (Å²) < 4.78 is 7.04. The van der Waals surface area contributed by atoms with Gasteiger partial charge in [0.05, 0.1) is 7.11 Å². The number of ether oxygens (including phenoxy) is 1. The van der Waals surface area contributed by atoms with E-state index in [-0.39, 0.29) is 5.56 Å². The van der Waals surface area contributed by atoms with Gasteiger partial charge in [-0.15, -0.1) is 0 Å². The van der Waals surface area contributed by atoms with Crippen LogP contribution in [0.2, 0.25) is 0 Å². The van der Waals surface area contributed by atoms with Crippen LogP contribution < -0.4 is 20.5 Å². The summed E-state index contributed by atoms with van der Waals surface area (Å²) in [5, 5.41) is 3.72. The number of para-hydroxylation sites is 1. The van der Waals surface area contributed by atoms with Crippen molar-refractivity contribution in [3.63, 3.8) is 0 Å². The highest BCUT2D eigenvalue weighted by Crippen LogP contribution is 2.20. The molecule has 0 radical (unpaired) electrons. The molecule has 1 aromatic heterocycles. The van der Waals surface area contributed by atoms with Gasteiger partial charge >= 0.3 is 0 Å². The molecule has 1 N–H and O–H groups in total. The second-order valence-corrected chi connectivity index (χ2v) is 7.04. The molecule has 2 atom stereocenters. The summed E-state index contributed by atoms with van der Waals surface area (Å²) in [6.07, 6.45) is 6.46. The molecular weight excluding hydrogens is 328 g/mol. The topological polar surface area (TPSA) is 59.4 Å². The number of piperidine rings is 1. The third-order valence-corrected chi connectivity index (χ3v) is 4.96. The second kappa shape index (κ2) is 8.36. The van der Waals surface area contributed by atoms with E-state index in [4.69, 9.17) is 4.74 Å². The van der Waals surface area contributed by atoms with E-state index in [9.17, 15) is 4.79 Å². The number of anilines is 1. The van der Waals surface area contributed by atoms with Gasteiger partial charge in [-0.05, 0) is 37.8 Å². The summed E-state index contributed by atoms with van der Waals surface area (Å²) in [7, 11) is 3.48. The lowest BCUT2D eigenvalue weighted by Gasteiger charge is -2.35. The average molecular weight is 356 g/mol. The minimum atomic E-state index is -0.0322. The molecule has 2 heterocycles. The summed E-state index contributed by atoms with van der Waals surface area (Å²) in [6, 6.07) is 8.82. The minimum absolute atomic E-state index is 0.0322. The van der Waals surface area contributed by atoms with Crippen molar-refractivity contribution in [2.75, 3.05) is 25.1 Å². The lowest BCUT2D eigenvalue weighted by atomic mass is 10.0. The van der Waals surface area contributed by atoms with Crippen LogP contribution >= 0.6 is 0 Å². The number of hydrogen-bond donors (Lipinski definition) is 1. The molecule has 0 amide bonds. The SMILES string of the molecule is COc1ccccc1C[C@@H](C)N[C@@H]1CCCN(c2nccn(C)c2=O)C1. The normalized spacial score (nSPS) is 18.6. The fraction of sp³-hybridized carbons (Fsp3) is 0.500. The molecule has 1 aliphatic rings. The molecule has 0 aliphatic carbocycles. The summed E-state index contributed by atoms with van der Waals surface area (Å²) in [4.78, 5) is 18.8. The van der Waals surface area contributed by atoms with Crippen molar-refractivity contribution in [3.05, 3.63) is 52.6 Å². The van der Waals surface area contributed by atoms with E-state index in [1.165, 1.54) is 5.56 Å². The fourth-order valence-electron chi connectivity index (χ4n) is 3.67. The van der Waals surface area contributed by atoms with Crippen LogP contribution in [0.1, 0.15) is 25.3 Å². The zero-order valence-electron chi connectivity index (χ0n) is 15.8. The molecule has 6 nitrogen and oxygen atoms in total. The van der Waals surface area contributed by atoms with E-state index in [1.54, 1.807) is 31.1 Å². The highest BCUT2D eigenvalue weighted by atomic mass is 16.5. The van der Waals surface area contributed by atoms with Gasteiger partial charge in [0.25, 0.3) is 5.56 Å². The number of nitrogens with zero attached hydrogens (tertiary/aromatic N) is 3. The summed E-state index contributed by atoms with van der Waals surface area (Å²) in [6.45, 7) is 3.89. The molecule has 6 heteroatoms. The molecule has 0 bridgehead atoms. The number of methoxy groups -OCH3 is 1. The van der Waals surface area contributed by atoms with Crippen LogP contribution in [-0.4, -0.2) is 41.8 Å². The molecule has 0 unspecified atom stereocenters. The molecule has 1 saturated heterocycles. The molecule has 1 aliphatic heterocycles. The number of aryl methyl sites for hydroxylation is 1. The summed E-state index contributed by atoms with van der Waals surface area (Å²) in [5.74, 6) is 1.49. The van der Waals surface area contributed by atoms with Crippen LogP contribution in [0.3, 0.4) is 0 Å². The van der Waals surface area contributed by atoms with Crippen LogP contribution in [0, 0.1) is 0 Å². The van der Waals surface area contributed by atoms with E-state index in [0.29, 0.717) is 17.9 Å². The standard InChI is InChI=1S/C20H28N4O2/c1-15(13-16-7-4-5-9-18(16)26-3)22-17-8-6-11-24(14-17)19-20(25)23(2)12-10-21-19/h4-5,7,9-10,12,15,17,22H,6,8,11,13-14H2,1-3H3/t15-,17-/m1/s1. The Hall–Kier alpha value is -2.34. The predicted molar refractivity (Wildman–Crippen MR) is 104 cm³/mol. The summed E-state index contributed by atoms with van der Waals surface area (Å²) in [5.41, 5.74) is 1.18. The van der Waals surface area contributed by atoms with Gasteiger partial charge in [0, 0.05) is 44.6 Å². The lowest BCUT2D eigenvalue weighted by Crippen LogP contribution is -2.50. The molecule has 1 aromatic carbocycles. The number of nitrogens with one attached hydrogen (secondary N) is 1. The highest BCUT2D eigenvalue weighted by Gasteiger charge is 2.24. The number of benzene rings is 1.